The smallest absolute Gasteiger partial charge is 0.311 e. The molecule has 0 unspecified atom stereocenters. The quantitative estimate of drug-likeness (QED) is 0.224. The first kappa shape index (κ1) is 22.1. The molecule has 0 fully saturated rings. The second kappa shape index (κ2) is 13.0. The van der Waals surface area contributed by atoms with E-state index in [2.05, 4.69) is 23.8 Å². The van der Waals surface area contributed by atoms with Crippen LogP contribution in [0.1, 0.15) is 83.7 Å². The zero-order valence-electron chi connectivity index (χ0n) is 17.5. The molecule has 1 aromatic carbocycles. The van der Waals surface area contributed by atoms with E-state index >= 15 is 0 Å². The van der Waals surface area contributed by atoms with Crippen LogP contribution in [0.3, 0.4) is 0 Å². The standard InChI is InChI=1S/C24H34N2O2/c1-3-5-7-8-9-11-13-24(27)28-22-16-14-20(15-17-22)23-19-25-21(18-26-23)12-10-6-4-2/h14-19H,3-13H2,1-2H3. The fraction of sp³-hybridized carbons (Fsp3) is 0.542. The number of carbonyl (C=O) groups is 1. The van der Waals surface area contributed by atoms with Crippen molar-refractivity contribution in [3.63, 3.8) is 0 Å². The van der Waals surface area contributed by atoms with Crippen molar-refractivity contribution in [2.75, 3.05) is 0 Å². The van der Waals surface area contributed by atoms with Gasteiger partial charge >= 0.3 is 5.97 Å². The molecule has 0 radical (unpaired) electrons. The molecule has 0 amide bonds. The van der Waals surface area contributed by atoms with Crippen LogP contribution in [0.25, 0.3) is 11.3 Å². The highest BCUT2D eigenvalue weighted by Gasteiger charge is 2.06. The summed E-state index contributed by atoms with van der Waals surface area (Å²) in [7, 11) is 0. The number of nitrogens with zero attached hydrogens (tertiary/aromatic N) is 2. The summed E-state index contributed by atoms with van der Waals surface area (Å²) < 4.78 is 5.43. The summed E-state index contributed by atoms with van der Waals surface area (Å²) in [6, 6.07) is 7.50. The Morgan fingerprint density at radius 2 is 1.50 bits per heavy atom. The molecule has 0 atom stereocenters. The van der Waals surface area contributed by atoms with Crippen LogP contribution < -0.4 is 4.74 Å². The van der Waals surface area contributed by atoms with Crippen LogP contribution in [0.15, 0.2) is 36.7 Å². The normalized spacial score (nSPS) is 10.8. The van der Waals surface area contributed by atoms with Crippen LogP contribution >= 0.6 is 0 Å². The lowest BCUT2D eigenvalue weighted by molar-refractivity contribution is -0.134. The summed E-state index contributed by atoms with van der Waals surface area (Å²) in [6.07, 6.45) is 15.7. The molecule has 1 aromatic heterocycles. The molecular formula is C24H34N2O2. The topological polar surface area (TPSA) is 52.1 Å². The summed E-state index contributed by atoms with van der Waals surface area (Å²) in [5, 5.41) is 0. The van der Waals surface area contributed by atoms with Gasteiger partial charge < -0.3 is 4.74 Å². The Bertz CT molecular complexity index is 681. The van der Waals surface area contributed by atoms with Gasteiger partial charge in [0.1, 0.15) is 5.75 Å². The first-order valence-electron chi connectivity index (χ1n) is 10.8. The zero-order chi connectivity index (χ0) is 20.0. The third-order valence-corrected chi connectivity index (χ3v) is 4.86. The molecular weight excluding hydrogens is 348 g/mol. The van der Waals surface area contributed by atoms with Crippen LogP contribution in [0.4, 0.5) is 0 Å². The maximum absolute atomic E-state index is 12.0. The van der Waals surface area contributed by atoms with Gasteiger partial charge in [0.15, 0.2) is 0 Å². The Morgan fingerprint density at radius 3 is 2.18 bits per heavy atom. The van der Waals surface area contributed by atoms with Crippen molar-refractivity contribution in [1.29, 1.82) is 0 Å². The molecule has 4 nitrogen and oxygen atoms in total. The molecule has 0 bridgehead atoms. The molecule has 0 saturated carbocycles. The average molecular weight is 383 g/mol. The molecule has 1 heterocycles. The Balaban J connectivity index is 1.77. The number of hydrogen-bond acceptors (Lipinski definition) is 4. The van der Waals surface area contributed by atoms with E-state index in [4.69, 9.17) is 4.74 Å². The van der Waals surface area contributed by atoms with E-state index in [-0.39, 0.29) is 5.97 Å². The molecule has 0 saturated heterocycles. The Kier molecular flexibility index (Phi) is 10.3. The van der Waals surface area contributed by atoms with Gasteiger partial charge in [-0.1, -0.05) is 58.8 Å². The maximum atomic E-state index is 12.0. The van der Waals surface area contributed by atoms with Gasteiger partial charge in [0.05, 0.1) is 17.6 Å². The summed E-state index contributed by atoms with van der Waals surface area (Å²) in [5.41, 5.74) is 2.85. The molecule has 152 valence electrons. The number of esters is 1. The molecule has 28 heavy (non-hydrogen) atoms. The SMILES string of the molecule is CCCCCCCCC(=O)Oc1ccc(-c2cnc(CCCCC)cn2)cc1. The van der Waals surface area contributed by atoms with Crippen LogP contribution in [-0.2, 0) is 11.2 Å². The van der Waals surface area contributed by atoms with Crippen LogP contribution in [-0.4, -0.2) is 15.9 Å². The lowest BCUT2D eigenvalue weighted by atomic mass is 10.1. The van der Waals surface area contributed by atoms with Crippen molar-refractivity contribution in [2.24, 2.45) is 0 Å². The van der Waals surface area contributed by atoms with Gasteiger partial charge in [0.2, 0.25) is 0 Å². The second-order valence-corrected chi connectivity index (χ2v) is 7.37. The highest BCUT2D eigenvalue weighted by atomic mass is 16.5. The van der Waals surface area contributed by atoms with Gasteiger partial charge in [0, 0.05) is 18.2 Å². The van der Waals surface area contributed by atoms with Gasteiger partial charge in [-0.2, -0.15) is 0 Å². The number of hydrogen-bond donors (Lipinski definition) is 0. The van der Waals surface area contributed by atoms with Crippen molar-refractivity contribution < 1.29 is 9.53 Å². The van der Waals surface area contributed by atoms with E-state index in [1.54, 1.807) is 0 Å². The van der Waals surface area contributed by atoms with Gasteiger partial charge in [-0.3, -0.25) is 14.8 Å². The number of benzene rings is 1. The fourth-order valence-corrected chi connectivity index (χ4v) is 3.11. The van der Waals surface area contributed by atoms with Crippen LogP contribution in [0.2, 0.25) is 0 Å². The molecule has 4 heteroatoms. The van der Waals surface area contributed by atoms with Gasteiger partial charge in [-0.25, -0.2) is 0 Å². The first-order valence-corrected chi connectivity index (χ1v) is 10.8. The third-order valence-electron chi connectivity index (χ3n) is 4.86. The van der Waals surface area contributed by atoms with Gasteiger partial charge in [-0.15, -0.1) is 0 Å². The number of ether oxygens (including phenoxy) is 1. The molecule has 2 rings (SSSR count). The van der Waals surface area contributed by atoms with E-state index in [1.165, 1.54) is 38.5 Å². The van der Waals surface area contributed by atoms with Crippen molar-refractivity contribution in [3.05, 3.63) is 42.4 Å². The van der Waals surface area contributed by atoms with Crippen molar-refractivity contribution >= 4 is 5.97 Å². The number of aromatic nitrogens is 2. The summed E-state index contributed by atoms with van der Waals surface area (Å²) >= 11 is 0. The predicted molar refractivity (Wildman–Crippen MR) is 114 cm³/mol. The average Bonchev–Trinajstić information content (AvgIpc) is 2.72. The fourth-order valence-electron chi connectivity index (χ4n) is 3.11. The Labute approximate surface area is 169 Å². The lowest BCUT2D eigenvalue weighted by Gasteiger charge is -2.06. The molecule has 2 aromatic rings. The van der Waals surface area contributed by atoms with Gasteiger partial charge in [0.25, 0.3) is 0 Å². The highest BCUT2D eigenvalue weighted by Crippen LogP contribution is 2.21. The minimum absolute atomic E-state index is 0.153. The van der Waals surface area contributed by atoms with E-state index in [0.29, 0.717) is 12.2 Å². The number of unbranched alkanes of at least 4 members (excludes halogenated alkanes) is 7. The molecule has 0 spiro atoms. The monoisotopic (exact) mass is 382 g/mol. The Hall–Kier alpha value is -2.23. The van der Waals surface area contributed by atoms with Crippen molar-refractivity contribution in [1.82, 2.24) is 9.97 Å². The van der Waals surface area contributed by atoms with Crippen molar-refractivity contribution in [2.45, 2.75) is 84.5 Å². The molecule has 0 aliphatic rings. The molecule has 0 aliphatic carbocycles. The van der Waals surface area contributed by atoms with E-state index < -0.39 is 0 Å². The highest BCUT2D eigenvalue weighted by molar-refractivity contribution is 5.72. The van der Waals surface area contributed by atoms with Crippen LogP contribution in [0.5, 0.6) is 5.75 Å². The summed E-state index contributed by atoms with van der Waals surface area (Å²) in [6.45, 7) is 4.41. The maximum Gasteiger partial charge on any atom is 0.311 e. The third kappa shape index (κ3) is 8.20. The number of rotatable bonds is 13. The summed E-state index contributed by atoms with van der Waals surface area (Å²) in [5.74, 6) is 0.434. The molecule has 0 N–H and O–H groups in total. The van der Waals surface area contributed by atoms with Crippen LogP contribution in [0, 0.1) is 0 Å². The Morgan fingerprint density at radius 1 is 0.821 bits per heavy atom. The number of carbonyl (C=O) groups excluding carboxylic acids is 1. The minimum Gasteiger partial charge on any atom is -0.427 e. The number of aryl methyl sites for hydroxylation is 1. The molecule has 0 aliphatic heterocycles. The minimum atomic E-state index is -0.153. The lowest BCUT2D eigenvalue weighted by Crippen LogP contribution is -2.07. The van der Waals surface area contributed by atoms with Gasteiger partial charge in [-0.05, 0) is 43.5 Å². The van der Waals surface area contributed by atoms with E-state index in [0.717, 1.165) is 42.6 Å². The first-order chi connectivity index (χ1) is 13.7. The zero-order valence-corrected chi connectivity index (χ0v) is 17.5. The predicted octanol–water partition coefficient (Wildman–Crippen LogP) is 6.53. The second-order valence-electron chi connectivity index (χ2n) is 7.37. The summed E-state index contributed by atoms with van der Waals surface area (Å²) in [4.78, 5) is 21.0. The van der Waals surface area contributed by atoms with E-state index in [1.807, 2.05) is 36.7 Å². The largest absolute Gasteiger partial charge is 0.427 e. The van der Waals surface area contributed by atoms with Crippen molar-refractivity contribution in [3.8, 4) is 17.0 Å². The van der Waals surface area contributed by atoms with E-state index in [9.17, 15) is 4.79 Å².